The molecule has 0 aromatic heterocycles. The number of rotatable bonds is 3. The molecule has 0 aliphatic carbocycles. The zero-order chi connectivity index (χ0) is 11.4. The number of piperidine rings is 1. The summed E-state index contributed by atoms with van der Waals surface area (Å²) in [5.41, 5.74) is 1.10. The molecule has 0 radical (unpaired) electrons. The van der Waals surface area contributed by atoms with E-state index >= 15 is 0 Å². The van der Waals surface area contributed by atoms with Crippen molar-refractivity contribution in [3.63, 3.8) is 0 Å². The minimum atomic E-state index is 0.511. The predicted octanol–water partition coefficient (Wildman–Crippen LogP) is 2.62. The van der Waals surface area contributed by atoms with Crippen molar-refractivity contribution < 1.29 is 4.74 Å². The second-order valence-corrected chi connectivity index (χ2v) is 4.89. The molecule has 1 fully saturated rings. The van der Waals surface area contributed by atoms with Crippen LogP contribution in [0.1, 0.15) is 12.8 Å². The lowest BCUT2D eigenvalue weighted by molar-refractivity contribution is 0.414. The zero-order valence-corrected chi connectivity index (χ0v) is 11.0. The first-order valence-electron chi connectivity index (χ1n) is 5.60. The summed E-state index contributed by atoms with van der Waals surface area (Å²) in [5.74, 6) is 0.884. The van der Waals surface area contributed by atoms with E-state index in [9.17, 15) is 0 Å². The fraction of sp³-hybridized carbons (Fsp3) is 0.500. The van der Waals surface area contributed by atoms with Gasteiger partial charge in [0.1, 0.15) is 5.75 Å². The van der Waals surface area contributed by atoms with Crippen molar-refractivity contribution in [3.8, 4) is 5.75 Å². The summed E-state index contributed by atoms with van der Waals surface area (Å²) in [7, 11) is 1.69. The molecule has 4 heteroatoms. The van der Waals surface area contributed by atoms with Crippen molar-refractivity contribution in [2.24, 2.45) is 0 Å². The molecule has 0 spiro atoms. The Morgan fingerprint density at radius 3 is 3.06 bits per heavy atom. The Balaban J connectivity index is 2.06. The largest absolute Gasteiger partial charge is 0.497 e. The van der Waals surface area contributed by atoms with Gasteiger partial charge >= 0.3 is 0 Å². The van der Waals surface area contributed by atoms with Gasteiger partial charge in [0.05, 0.1) is 12.8 Å². The molecule has 1 saturated heterocycles. The number of hydrogen-bond donors (Lipinski definition) is 2. The van der Waals surface area contributed by atoms with E-state index in [1.165, 1.54) is 12.8 Å². The lowest BCUT2D eigenvalue weighted by Crippen LogP contribution is -2.38. The summed E-state index contributed by atoms with van der Waals surface area (Å²) in [6.45, 7) is 2.17. The number of anilines is 1. The summed E-state index contributed by atoms with van der Waals surface area (Å²) in [6, 6.07) is 6.50. The van der Waals surface area contributed by atoms with Gasteiger partial charge in [-0.25, -0.2) is 0 Å². The molecule has 0 amide bonds. The van der Waals surface area contributed by atoms with Gasteiger partial charge in [-0.15, -0.1) is 0 Å². The van der Waals surface area contributed by atoms with Crippen molar-refractivity contribution in [1.29, 1.82) is 0 Å². The molecular weight excluding hydrogens is 268 g/mol. The highest BCUT2D eigenvalue weighted by molar-refractivity contribution is 9.10. The normalized spacial score (nSPS) is 20.5. The third kappa shape index (κ3) is 2.89. The molecule has 0 saturated carbocycles. The molecule has 88 valence electrons. The average Bonchev–Trinajstić information content (AvgIpc) is 2.33. The van der Waals surface area contributed by atoms with Gasteiger partial charge in [0.15, 0.2) is 0 Å². The van der Waals surface area contributed by atoms with E-state index in [1.54, 1.807) is 7.11 Å². The number of halogens is 1. The summed E-state index contributed by atoms with van der Waals surface area (Å²) in [4.78, 5) is 0. The smallest absolute Gasteiger partial charge is 0.121 e. The molecule has 1 heterocycles. The zero-order valence-electron chi connectivity index (χ0n) is 9.42. The maximum atomic E-state index is 5.22. The molecule has 1 unspecified atom stereocenters. The Morgan fingerprint density at radius 2 is 2.38 bits per heavy atom. The van der Waals surface area contributed by atoms with E-state index in [0.717, 1.165) is 29.0 Å². The van der Waals surface area contributed by atoms with Crippen molar-refractivity contribution >= 4 is 21.6 Å². The lowest BCUT2D eigenvalue weighted by Gasteiger charge is -2.25. The van der Waals surface area contributed by atoms with Crippen LogP contribution in [0.3, 0.4) is 0 Å². The highest BCUT2D eigenvalue weighted by Crippen LogP contribution is 2.28. The van der Waals surface area contributed by atoms with E-state index in [0.29, 0.717) is 6.04 Å². The van der Waals surface area contributed by atoms with Crippen LogP contribution in [0.4, 0.5) is 5.69 Å². The van der Waals surface area contributed by atoms with Crippen LogP contribution in [0.25, 0.3) is 0 Å². The third-order valence-electron chi connectivity index (χ3n) is 2.83. The highest BCUT2D eigenvalue weighted by Gasteiger charge is 2.13. The maximum Gasteiger partial charge on any atom is 0.121 e. The monoisotopic (exact) mass is 284 g/mol. The summed E-state index contributed by atoms with van der Waals surface area (Å²) >= 11 is 3.55. The topological polar surface area (TPSA) is 33.3 Å². The Bertz CT molecular complexity index is 351. The van der Waals surface area contributed by atoms with Gasteiger partial charge in [0, 0.05) is 23.1 Å². The Labute approximate surface area is 105 Å². The second kappa shape index (κ2) is 5.55. The summed E-state index contributed by atoms with van der Waals surface area (Å²) in [6.07, 6.45) is 2.45. The average molecular weight is 285 g/mol. The standard InChI is InChI=1S/C12H17BrN2O/c1-16-10-4-5-11(13)12(7-10)15-9-3-2-6-14-8-9/h4-5,7,9,14-15H,2-3,6,8H2,1H3. The van der Waals surface area contributed by atoms with Gasteiger partial charge in [-0.3, -0.25) is 0 Å². The maximum absolute atomic E-state index is 5.22. The van der Waals surface area contributed by atoms with E-state index < -0.39 is 0 Å². The van der Waals surface area contributed by atoms with Gasteiger partial charge in [0.2, 0.25) is 0 Å². The minimum absolute atomic E-state index is 0.511. The molecule has 2 N–H and O–H groups in total. The Kier molecular flexibility index (Phi) is 4.07. The van der Waals surface area contributed by atoms with E-state index in [4.69, 9.17) is 4.74 Å². The highest BCUT2D eigenvalue weighted by atomic mass is 79.9. The molecule has 3 nitrogen and oxygen atoms in total. The molecule has 1 aromatic rings. The number of benzene rings is 1. The molecule has 1 aliphatic rings. The minimum Gasteiger partial charge on any atom is -0.497 e. The first-order chi connectivity index (χ1) is 7.79. The first-order valence-corrected chi connectivity index (χ1v) is 6.39. The Hall–Kier alpha value is -0.740. The number of hydrogen-bond acceptors (Lipinski definition) is 3. The molecule has 16 heavy (non-hydrogen) atoms. The van der Waals surface area contributed by atoms with Crippen LogP contribution in [0.5, 0.6) is 5.75 Å². The summed E-state index contributed by atoms with van der Waals surface area (Å²) < 4.78 is 6.30. The SMILES string of the molecule is COc1ccc(Br)c(NC2CCCNC2)c1. The molecule has 1 aliphatic heterocycles. The van der Waals surface area contributed by atoms with Crippen LogP contribution < -0.4 is 15.4 Å². The van der Waals surface area contributed by atoms with Gasteiger partial charge in [-0.05, 0) is 47.4 Å². The molecule has 1 aromatic carbocycles. The van der Waals surface area contributed by atoms with Crippen LogP contribution >= 0.6 is 15.9 Å². The van der Waals surface area contributed by atoms with Crippen molar-refractivity contribution in [2.75, 3.05) is 25.5 Å². The lowest BCUT2D eigenvalue weighted by atomic mass is 10.1. The van der Waals surface area contributed by atoms with Gasteiger partial charge in [-0.1, -0.05) is 0 Å². The van der Waals surface area contributed by atoms with E-state index in [1.807, 2.05) is 18.2 Å². The summed E-state index contributed by atoms with van der Waals surface area (Å²) in [5, 5.41) is 6.93. The van der Waals surface area contributed by atoms with Crippen molar-refractivity contribution in [1.82, 2.24) is 5.32 Å². The van der Waals surface area contributed by atoms with Crippen LogP contribution in [0, 0.1) is 0 Å². The molecule has 0 bridgehead atoms. The van der Waals surface area contributed by atoms with Crippen LogP contribution in [0.15, 0.2) is 22.7 Å². The third-order valence-corrected chi connectivity index (χ3v) is 3.52. The Morgan fingerprint density at radius 1 is 1.50 bits per heavy atom. The van der Waals surface area contributed by atoms with Crippen molar-refractivity contribution in [3.05, 3.63) is 22.7 Å². The predicted molar refractivity (Wildman–Crippen MR) is 70.2 cm³/mol. The molecule has 1 atom stereocenters. The van der Waals surface area contributed by atoms with E-state index in [2.05, 4.69) is 26.6 Å². The number of methoxy groups -OCH3 is 1. The van der Waals surface area contributed by atoms with E-state index in [-0.39, 0.29) is 0 Å². The quantitative estimate of drug-likeness (QED) is 0.895. The van der Waals surface area contributed by atoms with Gasteiger partial charge in [0.25, 0.3) is 0 Å². The number of ether oxygens (including phenoxy) is 1. The van der Waals surface area contributed by atoms with Crippen LogP contribution in [-0.2, 0) is 0 Å². The fourth-order valence-electron chi connectivity index (χ4n) is 1.94. The molecule has 2 rings (SSSR count). The molecular formula is C12H17BrN2O. The fourth-order valence-corrected chi connectivity index (χ4v) is 2.30. The van der Waals surface area contributed by atoms with Gasteiger partial charge in [-0.2, -0.15) is 0 Å². The van der Waals surface area contributed by atoms with Crippen molar-refractivity contribution in [2.45, 2.75) is 18.9 Å². The first kappa shape index (κ1) is 11.7. The van der Waals surface area contributed by atoms with Crippen LogP contribution in [0.2, 0.25) is 0 Å². The van der Waals surface area contributed by atoms with Gasteiger partial charge < -0.3 is 15.4 Å². The second-order valence-electron chi connectivity index (χ2n) is 4.03. The van der Waals surface area contributed by atoms with Crippen LogP contribution in [-0.4, -0.2) is 26.2 Å². The number of nitrogens with one attached hydrogen (secondary N) is 2.